The second kappa shape index (κ2) is 7.66. The van der Waals surface area contributed by atoms with E-state index in [2.05, 4.69) is 0 Å². The lowest BCUT2D eigenvalue weighted by atomic mass is 10.2. The van der Waals surface area contributed by atoms with Gasteiger partial charge in [-0.15, -0.1) is 0 Å². The van der Waals surface area contributed by atoms with Gasteiger partial charge in [0.15, 0.2) is 6.10 Å². The molecular formula is C13H21NO4. The number of hydrogen-bond donors (Lipinski definition) is 0. The van der Waals surface area contributed by atoms with Crippen molar-refractivity contribution in [3.8, 4) is 0 Å². The Morgan fingerprint density at radius 3 is 2.33 bits per heavy atom. The average Bonchev–Trinajstić information content (AvgIpc) is 2.13. The molecule has 0 rings (SSSR count). The van der Waals surface area contributed by atoms with Crippen molar-refractivity contribution in [3.63, 3.8) is 0 Å². The highest BCUT2D eigenvalue weighted by molar-refractivity contribution is 5.82. The van der Waals surface area contributed by atoms with E-state index in [1.165, 1.54) is 6.08 Å². The number of carbonyl (C=O) groups is 2. The number of aliphatic carboxylic acids is 1. The van der Waals surface area contributed by atoms with Gasteiger partial charge in [0.1, 0.15) is 6.54 Å². The first-order valence-corrected chi connectivity index (χ1v) is 5.75. The van der Waals surface area contributed by atoms with Crippen molar-refractivity contribution in [1.29, 1.82) is 0 Å². The minimum absolute atomic E-state index is 0.293. The minimum Gasteiger partial charge on any atom is -0.550 e. The Labute approximate surface area is 108 Å². The first-order chi connectivity index (χ1) is 8.24. The lowest BCUT2D eigenvalue weighted by Crippen LogP contribution is -2.45. The third-order valence-electron chi connectivity index (χ3n) is 1.96. The van der Waals surface area contributed by atoms with Crippen molar-refractivity contribution in [2.24, 2.45) is 0 Å². The molecule has 0 saturated heterocycles. The zero-order valence-corrected chi connectivity index (χ0v) is 11.4. The number of ether oxygens (including phenoxy) is 1. The predicted octanol–water partition coefficient (Wildman–Crippen LogP) is -0.123. The molecule has 0 spiro atoms. The van der Waals surface area contributed by atoms with Gasteiger partial charge in [-0.2, -0.15) is 0 Å². The second-order valence-electron chi connectivity index (χ2n) is 4.99. The van der Waals surface area contributed by atoms with Crippen LogP contribution < -0.4 is 5.11 Å². The van der Waals surface area contributed by atoms with Crippen LogP contribution in [0.4, 0.5) is 0 Å². The molecule has 102 valence electrons. The summed E-state index contributed by atoms with van der Waals surface area (Å²) >= 11 is 0. The fraction of sp³-hybridized carbons (Fsp3) is 0.538. The molecule has 0 fully saturated rings. The van der Waals surface area contributed by atoms with Gasteiger partial charge >= 0.3 is 5.97 Å². The molecule has 18 heavy (non-hydrogen) atoms. The molecule has 0 unspecified atom stereocenters. The maximum Gasteiger partial charge on any atom is 0.331 e. The van der Waals surface area contributed by atoms with Gasteiger partial charge < -0.3 is 19.1 Å². The van der Waals surface area contributed by atoms with Crippen molar-refractivity contribution < 1.29 is 23.9 Å². The van der Waals surface area contributed by atoms with Gasteiger partial charge in [-0.05, 0) is 6.92 Å². The van der Waals surface area contributed by atoms with Gasteiger partial charge in [0, 0.05) is 18.5 Å². The molecule has 0 heterocycles. The van der Waals surface area contributed by atoms with Crippen LogP contribution in [0, 0.1) is 0 Å². The highest BCUT2D eigenvalue weighted by atomic mass is 16.5. The van der Waals surface area contributed by atoms with E-state index >= 15 is 0 Å². The number of quaternary nitrogens is 1. The lowest BCUT2D eigenvalue weighted by molar-refractivity contribution is -0.873. The van der Waals surface area contributed by atoms with Gasteiger partial charge in [-0.3, -0.25) is 0 Å². The Morgan fingerprint density at radius 2 is 1.89 bits per heavy atom. The monoisotopic (exact) mass is 255 g/mol. The Morgan fingerprint density at radius 1 is 1.28 bits per heavy atom. The van der Waals surface area contributed by atoms with E-state index in [1.54, 1.807) is 18.2 Å². The zero-order valence-electron chi connectivity index (χ0n) is 11.4. The van der Waals surface area contributed by atoms with Crippen LogP contribution in [0.1, 0.15) is 13.3 Å². The number of nitrogens with zero attached hydrogens (tertiary/aromatic N) is 1. The van der Waals surface area contributed by atoms with Crippen LogP contribution >= 0.6 is 0 Å². The van der Waals surface area contributed by atoms with E-state index in [0.717, 1.165) is 0 Å². The molecule has 0 aliphatic heterocycles. The lowest BCUT2D eigenvalue weighted by Gasteiger charge is -2.28. The summed E-state index contributed by atoms with van der Waals surface area (Å²) in [5, 5.41) is 10.6. The Balaban J connectivity index is 4.49. The van der Waals surface area contributed by atoms with Crippen LogP contribution in [0.2, 0.25) is 0 Å². The third kappa shape index (κ3) is 9.59. The van der Waals surface area contributed by atoms with Crippen molar-refractivity contribution in [2.75, 3.05) is 27.7 Å². The maximum absolute atomic E-state index is 11.4. The summed E-state index contributed by atoms with van der Waals surface area (Å²) in [4.78, 5) is 22.0. The minimum atomic E-state index is -1.22. The topological polar surface area (TPSA) is 66.4 Å². The van der Waals surface area contributed by atoms with E-state index < -0.39 is 18.0 Å². The summed E-state index contributed by atoms with van der Waals surface area (Å²) in [5.41, 5.74) is 0. The fourth-order valence-electron chi connectivity index (χ4n) is 1.39. The van der Waals surface area contributed by atoms with Crippen LogP contribution in [0.15, 0.2) is 24.3 Å². The smallest absolute Gasteiger partial charge is 0.331 e. The number of carboxylic acid groups (broad SMARTS) is 1. The van der Waals surface area contributed by atoms with E-state index in [4.69, 9.17) is 4.74 Å². The van der Waals surface area contributed by atoms with Crippen LogP contribution in [-0.2, 0) is 14.3 Å². The fourth-order valence-corrected chi connectivity index (χ4v) is 1.39. The van der Waals surface area contributed by atoms with Gasteiger partial charge in [0.2, 0.25) is 0 Å². The number of likely N-dealkylation sites (N-methyl/N-ethyl adjacent to an activating group) is 1. The van der Waals surface area contributed by atoms with Crippen LogP contribution in [0.3, 0.4) is 0 Å². The van der Waals surface area contributed by atoms with E-state index in [-0.39, 0.29) is 6.42 Å². The van der Waals surface area contributed by atoms with Gasteiger partial charge in [0.25, 0.3) is 0 Å². The summed E-state index contributed by atoms with van der Waals surface area (Å²) < 4.78 is 5.59. The molecule has 0 bridgehead atoms. The average molecular weight is 255 g/mol. The number of hydrogen-bond acceptors (Lipinski definition) is 4. The molecule has 1 atom stereocenters. The number of esters is 1. The van der Waals surface area contributed by atoms with E-state index in [9.17, 15) is 14.7 Å². The van der Waals surface area contributed by atoms with Crippen molar-refractivity contribution in [3.05, 3.63) is 24.3 Å². The van der Waals surface area contributed by atoms with E-state index in [0.29, 0.717) is 11.0 Å². The molecule has 5 nitrogen and oxygen atoms in total. The summed E-state index contributed by atoms with van der Waals surface area (Å²) in [5.74, 6) is -1.77. The molecule has 0 aliphatic carbocycles. The number of carbonyl (C=O) groups excluding carboxylic acids is 2. The Kier molecular flexibility index (Phi) is 6.97. The number of allylic oxidation sites excluding steroid dienone is 3. The third-order valence-corrected chi connectivity index (χ3v) is 1.96. The molecule has 0 aromatic carbocycles. The second-order valence-corrected chi connectivity index (χ2v) is 4.99. The van der Waals surface area contributed by atoms with Gasteiger partial charge in [-0.1, -0.05) is 18.2 Å². The Hall–Kier alpha value is -1.62. The standard InChI is InChI=1S/C13H21NO4/c1-5-6-7-8-13(17)18-11(9-12(15)16)10-14(2,3)4/h5-8,11H,9-10H2,1-4H3/b6-5+,8-7+/t11-/m1/s1. The quantitative estimate of drug-likeness (QED) is 0.275. The van der Waals surface area contributed by atoms with Crippen molar-refractivity contribution in [2.45, 2.75) is 19.4 Å². The molecule has 5 heteroatoms. The first-order valence-electron chi connectivity index (χ1n) is 5.75. The molecule has 0 N–H and O–H groups in total. The molecule has 0 aromatic rings. The highest BCUT2D eigenvalue weighted by Gasteiger charge is 2.21. The summed E-state index contributed by atoms with van der Waals surface area (Å²) in [6.45, 7) is 2.24. The summed E-state index contributed by atoms with van der Waals surface area (Å²) in [6, 6.07) is 0. The van der Waals surface area contributed by atoms with Gasteiger partial charge in [0.05, 0.1) is 21.1 Å². The number of rotatable bonds is 7. The SMILES string of the molecule is C/C=C/C=C/C(=O)O[C@H](CC(=O)[O-])C[N+](C)(C)C. The van der Waals surface area contributed by atoms with Crippen LogP contribution in [0.5, 0.6) is 0 Å². The summed E-state index contributed by atoms with van der Waals surface area (Å²) in [7, 11) is 5.68. The molecule has 0 radical (unpaired) electrons. The maximum atomic E-state index is 11.4. The molecular weight excluding hydrogens is 234 g/mol. The highest BCUT2D eigenvalue weighted by Crippen LogP contribution is 2.05. The molecule has 0 aliphatic rings. The van der Waals surface area contributed by atoms with Crippen molar-refractivity contribution in [1.82, 2.24) is 0 Å². The van der Waals surface area contributed by atoms with Crippen LogP contribution in [0.25, 0.3) is 0 Å². The number of carboxylic acids is 1. The van der Waals surface area contributed by atoms with Crippen LogP contribution in [-0.4, -0.2) is 50.2 Å². The molecule has 0 amide bonds. The first kappa shape index (κ1) is 16.4. The largest absolute Gasteiger partial charge is 0.550 e. The molecule has 0 saturated carbocycles. The Bertz CT molecular complexity index is 339. The normalized spacial score (nSPS) is 14.0. The van der Waals surface area contributed by atoms with E-state index in [1.807, 2.05) is 28.1 Å². The molecule has 0 aromatic heterocycles. The zero-order chi connectivity index (χ0) is 14.2. The van der Waals surface area contributed by atoms with Crippen molar-refractivity contribution >= 4 is 11.9 Å². The van der Waals surface area contributed by atoms with Gasteiger partial charge in [-0.25, -0.2) is 4.79 Å². The summed E-state index contributed by atoms with van der Waals surface area (Å²) in [6.07, 6.45) is 5.29. The predicted molar refractivity (Wildman–Crippen MR) is 66.4 cm³/mol.